The first kappa shape index (κ1) is 21.2. The molecular weight excluding hydrogens is 450 g/mol. The van der Waals surface area contributed by atoms with Crippen LogP contribution in [0.5, 0.6) is 0 Å². The van der Waals surface area contributed by atoms with Gasteiger partial charge in [0.25, 0.3) is 5.91 Å². The maximum atomic E-state index is 13.0. The number of thioether (sulfide) groups is 1. The van der Waals surface area contributed by atoms with Gasteiger partial charge in [-0.2, -0.15) is 5.10 Å². The van der Waals surface area contributed by atoms with E-state index in [1.807, 2.05) is 60.0 Å². The fourth-order valence-corrected chi connectivity index (χ4v) is 4.98. The number of thiophene rings is 1. The number of hydrogen-bond acceptors (Lipinski definition) is 6. The summed E-state index contributed by atoms with van der Waals surface area (Å²) in [6, 6.07) is 25.9. The Bertz CT molecular complexity index is 1310. The Kier molecular flexibility index (Phi) is 6.32. The second kappa shape index (κ2) is 9.85. The van der Waals surface area contributed by atoms with Gasteiger partial charge in [-0.05, 0) is 58.1 Å². The number of benzene rings is 2. The summed E-state index contributed by atoms with van der Waals surface area (Å²) in [4.78, 5) is 16.3. The SMILES string of the molecule is O=C1/C(=C/c2cccs2)S/C(=N/N=C/c2ccc(-c3ccccc3)cc2)N1Cc1ccco1. The van der Waals surface area contributed by atoms with Gasteiger partial charge in [0.05, 0.1) is 23.9 Å². The third kappa shape index (κ3) is 5.05. The van der Waals surface area contributed by atoms with Crippen molar-refractivity contribution in [3.05, 3.63) is 112 Å². The number of amides is 1. The van der Waals surface area contributed by atoms with Crippen molar-refractivity contribution in [3.8, 4) is 11.1 Å². The number of carbonyl (C=O) groups is 1. The predicted molar refractivity (Wildman–Crippen MR) is 136 cm³/mol. The Morgan fingerprint density at radius 1 is 0.909 bits per heavy atom. The smallest absolute Gasteiger partial charge is 0.267 e. The lowest BCUT2D eigenvalue weighted by Crippen LogP contribution is -2.28. The van der Waals surface area contributed by atoms with Gasteiger partial charge in [0.1, 0.15) is 5.76 Å². The number of nitrogens with zero attached hydrogens (tertiary/aromatic N) is 3. The van der Waals surface area contributed by atoms with Crippen molar-refractivity contribution in [2.45, 2.75) is 6.54 Å². The highest BCUT2D eigenvalue weighted by atomic mass is 32.2. The van der Waals surface area contributed by atoms with Gasteiger partial charge >= 0.3 is 0 Å². The Morgan fingerprint density at radius 3 is 2.45 bits per heavy atom. The van der Waals surface area contributed by atoms with Crippen LogP contribution in [-0.2, 0) is 11.3 Å². The number of hydrogen-bond donors (Lipinski definition) is 0. The lowest BCUT2D eigenvalue weighted by molar-refractivity contribution is -0.122. The highest BCUT2D eigenvalue weighted by molar-refractivity contribution is 8.18. The second-order valence-electron chi connectivity index (χ2n) is 7.21. The van der Waals surface area contributed by atoms with Gasteiger partial charge in [0, 0.05) is 4.88 Å². The van der Waals surface area contributed by atoms with Crippen LogP contribution in [0.2, 0.25) is 0 Å². The molecule has 33 heavy (non-hydrogen) atoms. The average molecular weight is 470 g/mol. The molecule has 1 fully saturated rings. The molecule has 7 heteroatoms. The van der Waals surface area contributed by atoms with Gasteiger partial charge in [0.2, 0.25) is 0 Å². The predicted octanol–water partition coefficient (Wildman–Crippen LogP) is 6.51. The molecule has 162 valence electrons. The third-order valence-corrected chi connectivity index (χ3v) is 6.78. The van der Waals surface area contributed by atoms with E-state index in [-0.39, 0.29) is 5.91 Å². The Hall–Kier alpha value is -3.68. The summed E-state index contributed by atoms with van der Waals surface area (Å²) in [7, 11) is 0. The van der Waals surface area contributed by atoms with E-state index in [0.29, 0.717) is 22.4 Å². The van der Waals surface area contributed by atoms with Crippen LogP contribution in [0.15, 0.2) is 110 Å². The van der Waals surface area contributed by atoms with Crippen LogP contribution in [-0.4, -0.2) is 22.2 Å². The molecule has 1 saturated heterocycles. The summed E-state index contributed by atoms with van der Waals surface area (Å²) in [6.07, 6.45) is 5.18. The van der Waals surface area contributed by atoms with E-state index >= 15 is 0 Å². The molecule has 2 aromatic carbocycles. The minimum absolute atomic E-state index is 0.106. The first-order valence-corrected chi connectivity index (χ1v) is 12.0. The summed E-state index contributed by atoms with van der Waals surface area (Å²) in [5.41, 5.74) is 3.24. The molecule has 5 rings (SSSR count). The molecule has 0 radical (unpaired) electrons. The largest absolute Gasteiger partial charge is 0.467 e. The molecule has 1 aliphatic rings. The van der Waals surface area contributed by atoms with Crippen molar-refractivity contribution in [3.63, 3.8) is 0 Å². The van der Waals surface area contributed by atoms with Crippen LogP contribution < -0.4 is 0 Å². The number of carbonyl (C=O) groups excluding carboxylic acids is 1. The molecule has 0 N–H and O–H groups in total. The molecule has 3 heterocycles. The second-order valence-corrected chi connectivity index (χ2v) is 9.20. The molecule has 0 atom stereocenters. The zero-order valence-electron chi connectivity index (χ0n) is 17.5. The normalized spacial score (nSPS) is 16.5. The average Bonchev–Trinajstić information content (AvgIpc) is 3.61. The summed E-state index contributed by atoms with van der Waals surface area (Å²) in [5, 5.41) is 11.1. The standard InChI is InChI=1S/C26H19N3O2S2/c30-25-24(16-23-9-5-15-32-23)33-26(29(25)18-22-8-4-14-31-22)28-27-17-19-10-12-21(13-11-19)20-6-2-1-3-7-20/h1-17H,18H2/b24-16-,27-17+,28-26+. The summed E-state index contributed by atoms with van der Waals surface area (Å²) >= 11 is 2.91. The molecule has 4 aromatic rings. The molecule has 0 aliphatic carbocycles. The Balaban J connectivity index is 1.36. The lowest BCUT2D eigenvalue weighted by atomic mass is 10.0. The van der Waals surface area contributed by atoms with Crippen molar-refractivity contribution in [2.24, 2.45) is 10.2 Å². The fraction of sp³-hybridized carbons (Fsp3) is 0.0385. The topological polar surface area (TPSA) is 58.2 Å². The van der Waals surface area contributed by atoms with E-state index in [4.69, 9.17) is 4.42 Å². The van der Waals surface area contributed by atoms with Gasteiger partial charge < -0.3 is 4.42 Å². The van der Waals surface area contributed by atoms with E-state index in [1.54, 1.807) is 34.8 Å². The minimum atomic E-state index is -0.106. The van der Waals surface area contributed by atoms with Gasteiger partial charge in [0.15, 0.2) is 5.17 Å². The monoisotopic (exact) mass is 469 g/mol. The number of amidine groups is 1. The van der Waals surface area contributed by atoms with Crippen LogP contribution >= 0.6 is 23.1 Å². The van der Waals surface area contributed by atoms with Crippen molar-refractivity contribution in [2.75, 3.05) is 0 Å². The molecule has 0 bridgehead atoms. The first-order valence-electron chi connectivity index (χ1n) is 10.3. The maximum absolute atomic E-state index is 13.0. The zero-order chi connectivity index (χ0) is 22.5. The van der Waals surface area contributed by atoms with Crippen LogP contribution in [0, 0.1) is 0 Å². The van der Waals surface area contributed by atoms with Gasteiger partial charge in [-0.25, -0.2) is 0 Å². The summed E-state index contributed by atoms with van der Waals surface area (Å²) in [5.74, 6) is 0.584. The van der Waals surface area contributed by atoms with E-state index in [1.165, 1.54) is 17.3 Å². The molecule has 0 spiro atoms. The molecule has 1 aliphatic heterocycles. The van der Waals surface area contributed by atoms with E-state index in [2.05, 4.69) is 34.5 Å². The van der Waals surface area contributed by atoms with E-state index < -0.39 is 0 Å². The number of rotatable bonds is 6. The first-order chi connectivity index (χ1) is 16.3. The van der Waals surface area contributed by atoms with Crippen LogP contribution in [0.1, 0.15) is 16.2 Å². The van der Waals surface area contributed by atoms with Crippen molar-refractivity contribution >= 4 is 46.5 Å². The van der Waals surface area contributed by atoms with Crippen LogP contribution in [0.25, 0.3) is 17.2 Å². The molecule has 2 aromatic heterocycles. The van der Waals surface area contributed by atoms with Gasteiger partial charge in [-0.1, -0.05) is 60.7 Å². The summed E-state index contributed by atoms with van der Waals surface area (Å²) < 4.78 is 5.44. The molecule has 5 nitrogen and oxygen atoms in total. The summed E-state index contributed by atoms with van der Waals surface area (Å²) in [6.45, 7) is 0.306. The lowest BCUT2D eigenvalue weighted by Gasteiger charge is -2.12. The van der Waals surface area contributed by atoms with E-state index in [9.17, 15) is 4.79 Å². The minimum Gasteiger partial charge on any atom is -0.467 e. The molecule has 0 unspecified atom stereocenters. The third-order valence-electron chi connectivity index (χ3n) is 4.97. The molecule has 0 saturated carbocycles. The Labute approximate surface area is 199 Å². The Morgan fingerprint density at radius 2 is 1.73 bits per heavy atom. The molecular formula is C26H19N3O2S2. The van der Waals surface area contributed by atoms with Gasteiger partial charge in [-0.3, -0.25) is 9.69 Å². The number of furan rings is 1. The highest BCUT2D eigenvalue weighted by Crippen LogP contribution is 2.34. The van der Waals surface area contributed by atoms with Crippen molar-refractivity contribution in [1.29, 1.82) is 0 Å². The van der Waals surface area contributed by atoms with Crippen LogP contribution in [0.4, 0.5) is 0 Å². The fourth-order valence-electron chi connectivity index (χ4n) is 3.32. The van der Waals surface area contributed by atoms with Crippen LogP contribution in [0.3, 0.4) is 0 Å². The molecule has 1 amide bonds. The van der Waals surface area contributed by atoms with Crippen molar-refractivity contribution < 1.29 is 9.21 Å². The zero-order valence-corrected chi connectivity index (χ0v) is 19.1. The highest BCUT2D eigenvalue weighted by Gasteiger charge is 2.34. The quantitative estimate of drug-likeness (QED) is 0.184. The van der Waals surface area contributed by atoms with Gasteiger partial charge in [-0.15, -0.1) is 16.4 Å². The van der Waals surface area contributed by atoms with Crippen molar-refractivity contribution in [1.82, 2.24) is 4.90 Å². The maximum Gasteiger partial charge on any atom is 0.267 e. The van der Waals surface area contributed by atoms with E-state index in [0.717, 1.165) is 16.0 Å².